The van der Waals surface area contributed by atoms with Gasteiger partial charge >= 0.3 is 0 Å². The number of furan rings is 1. The molecule has 5 rings (SSSR count). The van der Waals surface area contributed by atoms with Gasteiger partial charge in [0.05, 0.1) is 11.6 Å². The number of nitrogens with two attached hydrogens (primary N) is 1. The van der Waals surface area contributed by atoms with Crippen molar-refractivity contribution in [2.45, 2.75) is 32.2 Å². The van der Waals surface area contributed by atoms with Crippen LogP contribution in [0.15, 0.2) is 41.1 Å². The maximum absolute atomic E-state index is 6.20. The summed E-state index contributed by atoms with van der Waals surface area (Å²) < 4.78 is 13.6. The third kappa shape index (κ3) is 4.65. The molecule has 9 nitrogen and oxygen atoms in total. The van der Waals surface area contributed by atoms with E-state index in [1.165, 1.54) is 25.9 Å². The van der Waals surface area contributed by atoms with Crippen LogP contribution in [-0.4, -0.2) is 70.4 Å². The van der Waals surface area contributed by atoms with E-state index in [9.17, 15) is 0 Å². The van der Waals surface area contributed by atoms with E-state index in [1.807, 2.05) is 25.1 Å². The SMILES string of the molecule is C[C@H](N)COc1ccc2ncc(-c3cc4c(N(C)CCCN5CCCC5)nccc4o3)n2n1. The Bertz CT molecular complexity index is 1230. The standard InChI is InChI=1S/C24H31N7O2/c1-17(25)16-32-23-7-6-22-27-15-19(31(22)28-23)21-14-18-20(33-21)8-9-26-24(18)29(2)10-5-13-30-11-3-4-12-30/h6-9,14-15,17H,3-5,10-13,16,25H2,1-2H3/t17-/m0/s1. The van der Waals surface area contributed by atoms with Gasteiger partial charge in [0.15, 0.2) is 11.4 Å². The highest BCUT2D eigenvalue weighted by atomic mass is 16.5. The first-order valence-electron chi connectivity index (χ1n) is 11.6. The summed E-state index contributed by atoms with van der Waals surface area (Å²) in [6, 6.07) is 7.52. The van der Waals surface area contributed by atoms with Crippen LogP contribution in [0.2, 0.25) is 0 Å². The lowest BCUT2D eigenvalue weighted by atomic mass is 10.2. The number of pyridine rings is 1. The Kier molecular flexibility index (Phi) is 6.15. The minimum absolute atomic E-state index is 0.0709. The molecule has 1 atom stereocenters. The Morgan fingerprint density at radius 1 is 1.21 bits per heavy atom. The summed E-state index contributed by atoms with van der Waals surface area (Å²) in [6.45, 7) is 6.83. The molecule has 2 N–H and O–H groups in total. The molecular formula is C24H31N7O2. The van der Waals surface area contributed by atoms with Crippen LogP contribution in [0.1, 0.15) is 26.2 Å². The average molecular weight is 450 g/mol. The molecule has 0 amide bonds. The van der Waals surface area contributed by atoms with Crippen molar-refractivity contribution in [2.75, 3.05) is 44.7 Å². The molecular weight excluding hydrogens is 418 g/mol. The van der Waals surface area contributed by atoms with Gasteiger partial charge in [-0.2, -0.15) is 0 Å². The van der Waals surface area contributed by atoms with E-state index in [2.05, 4.69) is 31.9 Å². The smallest absolute Gasteiger partial charge is 0.231 e. The van der Waals surface area contributed by atoms with E-state index in [4.69, 9.17) is 14.9 Å². The minimum Gasteiger partial charge on any atom is -0.475 e. The highest BCUT2D eigenvalue weighted by molar-refractivity contribution is 5.91. The fraction of sp³-hybridized carbons (Fsp3) is 0.458. The molecule has 0 aromatic carbocycles. The predicted molar refractivity (Wildman–Crippen MR) is 129 cm³/mol. The van der Waals surface area contributed by atoms with Gasteiger partial charge in [0.1, 0.15) is 23.7 Å². The summed E-state index contributed by atoms with van der Waals surface area (Å²) in [5, 5.41) is 5.56. The fourth-order valence-electron chi connectivity index (χ4n) is 4.34. The zero-order valence-electron chi connectivity index (χ0n) is 19.3. The molecule has 1 saturated heterocycles. The zero-order chi connectivity index (χ0) is 22.8. The monoisotopic (exact) mass is 449 g/mol. The maximum atomic E-state index is 6.20. The number of anilines is 1. The molecule has 4 aromatic rings. The van der Waals surface area contributed by atoms with Crippen molar-refractivity contribution >= 4 is 22.4 Å². The van der Waals surface area contributed by atoms with Gasteiger partial charge in [-0.1, -0.05) is 0 Å². The van der Waals surface area contributed by atoms with Gasteiger partial charge < -0.3 is 24.7 Å². The molecule has 0 bridgehead atoms. The van der Waals surface area contributed by atoms with Crippen LogP contribution < -0.4 is 15.4 Å². The third-order valence-corrected chi connectivity index (χ3v) is 6.04. The summed E-state index contributed by atoms with van der Waals surface area (Å²) in [5.41, 5.74) is 8.07. The van der Waals surface area contributed by atoms with Crippen molar-refractivity contribution in [3.05, 3.63) is 36.7 Å². The van der Waals surface area contributed by atoms with E-state index >= 15 is 0 Å². The number of aromatic nitrogens is 4. The van der Waals surface area contributed by atoms with Gasteiger partial charge in [0.25, 0.3) is 0 Å². The highest BCUT2D eigenvalue weighted by Crippen LogP contribution is 2.32. The first kappa shape index (κ1) is 21.7. The van der Waals surface area contributed by atoms with Gasteiger partial charge in [-0.05, 0) is 64.0 Å². The normalized spacial score (nSPS) is 15.5. The Hall–Kier alpha value is -3.17. The van der Waals surface area contributed by atoms with Crippen LogP contribution in [0.4, 0.5) is 5.82 Å². The Morgan fingerprint density at radius 3 is 2.88 bits per heavy atom. The van der Waals surface area contributed by atoms with E-state index in [0.717, 1.165) is 47.6 Å². The van der Waals surface area contributed by atoms with Crippen LogP contribution >= 0.6 is 0 Å². The van der Waals surface area contributed by atoms with Gasteiger partial charge in [-0.25, -0.2) is 14.5 Å². The minimum atomic E-state index is -0.0709. The lowest BCUT2D eigenvalue weighted by molar-refractivity contribution is 0.281. The topological polar surface area (TPSA) is 98.0 Å². The van der Waals surface area contributed by atoms with Gasteiger partial charge in [-0.3, -0.25) is 0 Å². The maximum Gasteiger partial charge on any atom is 0.231 e. The van der Waals surface area contributed by atoms with Crippen molar-refractivity contribution in [1.82, 2.24) is 24.5 Å². The Labute approximate surface area is 193 Å². The first-order valence-corrected chi connectivity index (χ1v) is 11.6. The molecule has 0 unspecified atom stereocenters. The molecule has 1 aliphatic rings. The largest absolute Gasteiger partial charge is 0.475 e. The molecule has 1 aliphatic heterocycles. The Balaban J connectivity index is 1.39. The quantitative estimate of drug-likeness (QED) is 0.416. The lowest BCUT2D eigenvalue weighted by Crippen LogP contribution is -2.26. The number of rotatable bonds is 9. The second-order valence-electron chi connectivity index (χ2n) is 8.85. The molecule has 0 saturated carbocycles. The van der Waals surface area contributed by atoms with E-state index in [-0.39, 0.29) is 6.04 Å². The number of hydrogen-bond donors (Lipinski definition) is 1. The first-order chi connectivity index (χ1) is 16.1. The van der Waals surface area contributed by atoms with Crippen LogP contribution in [-0.2, 0) is 0 Å². The highest BCUT2D eigenvalue weighted by Gasteiger charge is 2.18. The van der Waals surface area contributed by atoms with Crippen LogP contribution in [0.25, 0.3) is 28.1 Å². The van der Waals surface area contributed by atoms with Crippen molar-refractivity contribution in [2.24, 2.45) is 5.73 Å². The molecule has 0 radical (unpaired) electrons. The van der Waals surface area contributed by atoms with Gasteiger partial charge in [-0.15, -0.1) is 5.10 Å². The molecule has 0 aliphatic carbocycles. The van der Waals surface area contributed by atoms with Crippen molar-refractivity contribution < 1.29 is 9.15 Å². The van der Waals surface area contributed by atoms with E-state index < -0.39 is 0 Å². The number of fused-ring (bicyclic) bond motifs is 2. The number of ether oxygens (including phenoxy) is 1. The summed E-state index contributed by atoms with van der Waals surface area (Å²) in [5.74, 6) is 2.11. The van der Waals surface area contributed by atoms with Crippen LogP contribution in [0, 0.1) is 0 Å². The summed E-state index contributed by atoms with van der Waals surface area (Å²) in [7, 11) is 2.09. The average Bonchev–Trinajstić information content (AvgIpc) is 3.55. The summed E-state index contributed by atoms with van der Waals surface area (Å²) in [6.07, 6.45) is 7.33. The third-order valence-electron chi connectivity index (χ3n) is 6.04. The predicted octanol–water partition coefficient (Wildman–Crippen LogP) is 3.19. The second-order valence-corrected chi connectivity index (χ2v) is 8.85. The molecule has 5 heterocycles. The van der Waals surface area contributed by atoms with Crippen molar-refractivity contribution in [1.29, 1.82) is 0 Å². The second kappa shape index (κ2) is 9.36. The molecule has 0 spiro atoms. The molecule has 1 fully saturated rings. The van der Waals surface area contributed by atoms with E-state index in [1.54, 1.807) is 23.0 Å². The van der Waals surface area contributed by atoms with Gasteiger partial charge in [0, 0.05) is 31.9 Å². The number of hydrogen-bond acceptors (Lipinski definition) is 8. The molecule has 174 valence electrons. The summed E-state index contributed by atoms with van der Waals surface area (Å²) >= 11 is 0. The molecule has 9 heteroatoms. The van der Waals surface area contributed by atoms with Crippen LogP contribution in [0.3, 0.4) is 0 Å². The van der Waals surface area contributed by atoms with E-state index in [0.29, 0.717) is 18.2 Å². The molecule has 33 heavy (non-hydrogen) atoms. The van der Waals surface area contributed by atoms with Crippen molar-refractivity contribution in [3.8, 4) is 17.3 Å². The van der Waals surface area contributed by atoms with Crippen LogP contribution in [0.5, 0.6) is 5.88 Å². The lowest BCUT2D eigenvalue weighted by Gasteiger charge is -2.21. The Morgan fingerprint density at radius 2 is 2.06 bits per heavy atom. The molecule has 4 aromatic heterocycles. The van der Waals surface area contributed by atoms with Crippen molar-refractivity contribution in [3.63, 3.8) is 0 Å². The van der Waals surface area contributed by atoms with Gasteiger partial charge in [0.2, 0.25) is 5.88 Å². The number of nitrogens with zero attached hydrogens (tertiary/aromatic N) is 6. The number of likely N-dealkylation sites (tertiary alicyclic amines) is 1. The fourth-order valence-corrected chi connectivity index (χ4v) is 4.34. The zero-order valence-corrected chi connectivity index (χ0v) is 19.3. The summed E-state index contributed by atoms with van der Waals surface area (Å²) in [4.78, 5) is 13.9. The number of imidazole rings is 1.